The molecule has 0 saturated heterocycles. The van der Waals surface area contributed by atoms with Gasteiger partial charge in [-0.25, -0.2) is 0 Å². The molecule has 1 aromatic rings. The van der Waals surface area contributed by atoms with Gasteiger partial charge in [0, 0.05) is 42.7 Å². The third-order valence-corrected chi connectivity index (χ3v) is 4.14. The summed E-state index contributed by atoms with van der Waals surface area (Å²) in [6, 6.07) is 5.45. The molecule has 0 aliphatic heterocycles. The minimum Gasteiger partial charge on any atom is -0.383 e. The predicted octanol–water partition coefficient (Wildman–Crippen LogP) is 2.45. The van der Waals surface area contributed by atoms with Crippen LogP contribution in [-0.4, -0.2) is 39.3 Å². The maximum Gasteiger partial charge on any atom is 0.223 e. The second kappa shape index (κ2) is 7.99. The number of rotatable bonds is 8. The van der Waals surface area contributed by atoms with E-state index in [9.17, 15) is 4.79 Å². The Morgan fingerprint density at radius 1 is 1.33 bits per heavy atom. The molecule has 0 bridgehead atoms. The molecule has 116 valence electrons. The number of hydrogen-bond acceptors (Lipinski definition) is 3. The van der Waals surface area contributed by atoms with Crippen molar-refractivity contribution in [3.63, 3.8) is 0 Å². The molecular formula is C15H20Cl2N2O2. The summed E-state index contributed by atoms with van der Waals surface area (Å²) in [5.74, 6) is 0.346. The van der Waals surface area contributed by atoms with Crippen LogP contribution in [0.1, 0.15) is 17.9 Å². The molecule has 0 radical (unpaired) electrons. The zero-order valence-corrected chi connectivity index (χ0v) is 13.5. The molecule has 2 rings (SSSR count). The molecular weight excluding hydrogens is 311 g/mol. The van der Waals surface area contributed by atoms with Crippen LogP contribution in [0.5, 0.6) is 0 Å². The molecule has 1 aromatic carbocycles. The van der Waals surface area contributed by atoms with Crippen molar-refractivity contribution in [1.82, 2.24) is 10.6 Å². The van der Waals surface area contributed by atoms with Gasteiger partial charge in [0.1, 0.15) is 0 Å². The quantitative estimate of drug-likeness (QED) is 0.720. The lowest BCUT2D eigenvalue weighted by molar-refractivity contribution is -0.122. The normalized spacial score (nSPS) is 20.3. The molecule has 1 fully saturated rings. The zero-order valence-electron chi connectivity index (χ0n) is 12.0. The van der Waals surface area contributed by atoms with Crippen LogP contribution in [0.3, 0.4) is 0 Å². The van der Waals surface area contributed by atoms with Crippen molar-refractivity contribution in [3.8, 4) is 0 Å². The second-order valence-electron chi connectivity index (χ2n) is 5.15. The highest BCUT2D eigenvalue weighted by molar-refractivity contribution is 6.35. The molecule has 6 heteroatoms. The largest absolute Gasteiger partial charge is 0.383 e. The molecule has 0 heterocycles. The Hall–Kier alpha value is -0.810. The van der Waals surface area contributed by atoms with Gasteiger partial charge in [0.05, 0.1) is 6.61 Å². The van der Waals surface area contributed by atoms with Crippen LogP contribution in [0.4, 0.5) is 0 Å². The first-order valence-corrected chi connectivity index (χ1v) is 7.81. The van der Waals surface area contributed by atoms with Crippen molar-refractivity contribution in [1.29, 1.82) is 0 Å². The lowest BCUT2D eigenvalue weighted by Crippen LogP contribution is -2.34. The number of amides is 1. The number of carbonyl (C=O) groups is 1. The summed E-state index contributed by atoms with van der Waals surface area (Å²) < 4.78 is 4.93. The molecule has 4 nitrogen and oxygen atoms in total. The fourth-order valence-electron chi connectivity index (χ4n) is 2.34. The first kappa shape index (κ1) is 16.6. The average molecular weight is 331 g/mol. The SMILES string of the molecule is COCCNCCNC(=O)C1CC1c1ccc(Cl)cc1Cl. The van der Waals surface area contributed by atoms with E-state index in [1.807, 2.05) is 12.1 Å². The van der Waals surface area contributed by atoms with E-state index in [2.05, 4.69) is 10.6 Å². The zero-order chi connectivity index (χ0) is 15.2. The Labute approximate surface area is 135 Å². The van der Waals surface area contributed by atoms with E-state index in [1.54, 1.807) is 13.2 Å². The highest BCUT2D eigenvalue weighted by Crippen LogP contribution is 2.49. The Balaban J connectivity index is 1.71. The number of nitrogens with one attached hydrogen (secondary N) is 2. The summed E-state index contributed by atoms with van der Waals surface area (Å²) in [4.78, 5) is 12.0. The Bertz CT molecular complexity index is 497. The second-order valence-corrected chi connectivity index (χ2v) is 5.99. The van der Waals surface area contributed by atoms with Gasteiger partial charge in [-0.05, 0) is 30.0 Å². The van der Waals surface area contributed by atoms with E-state index in [1.165, 1.54) is 0 Å². The molecule has 2 unspecified atom stereocenters. The smallest absolute Gasteiger partial charge is 0.223 e. The lowest BCUT2D eigenvalue weighted by atomic mass is 10.1. The molecule has 1 aliphatic carbocycles. The predicted molar refractivity (Wildman–Crippen MR) is 85.1 cm³/mol. The lowest BCUT2D eigenvalue weighted by Gasteiger charge is -2.07. The van der Waals surface area contributed by atoms with E-state index in [4.69, 9.17) is 27.9 Å². The Morgan fingerprint density at radius 3 is 2.86 bits per heavy atom. The highest BCUT2D eigenvalue weighted by atomic mass is 35.5. The van der Waals surface area contributed by atoms with Gasteiger partial charge in [0.2, 0.25) is 5.91 Å². The molecule has 2 N–H and O–H groups in total. The summed E-state index contributed by atoms with van der Waals surface area (Å²) in [5.41, 5.74) is 1.01. The summed E-state index contributed by atoms with van der Waals surface area (Å²) in [6.45, 7) is 2.83. The van der Waals surface area contributed by atoms with Crippen molar-refractivity contribution in [2.45, 2.75) is 12.3 Å². The van der Waals surface area contributed by atoms with E-state index in [0.717, 1.165) is 25.1 Å². The number of ether oxygens (including phenoxy) is 1. The number of methoxy groups -OCH3 is 1. The van der Waals surface area contributed by atoms with Crippen LogP contribution in [0.25, 0.3) is 0 Å². The van der Waals surface area contributed by atoms with Gasteiger partial charge < -0.3 is 15.4 Å². The minimum atomic E-state index is 0.0302. The molecule has 0 aromatic heterocycles. The van der Waals surface area contributed by atoms with Crippen LogP contribution in [-0.2, 0) is 9.53 Å². The third kappa shape index (κ3) is 4.85. The minimum absolute atomic E-state index is 0.0302. The summed E-state index contributed by atoms with van der Waals surface area (Å²) in [6.07, 6.45) is 0.851. The van der Waals surface area contributed by atoms with E-state index < -0.39 is 0 Å². The van der Waals surface area contributed by atoms with Crippen molar-refractivity contribution >= 4 is 29.1 Å². The maximum absolute atomic E-state index is 12.0. The molecule has 1 amide bonds. The van der Waals surface area contributed by atoms with E-state index in [0.29, 0.717) is 23.2 Å². The van der Waals surface area contributed by atoms with Gasteiger partial charge in [-0.3, -0.25) is 4.79 Å². The first-order valence-electron chi connectivity index (χ1n) is 7.05. The fourth-order valence-corrected chi connectivity index (χ4v) is 2.88. The van der Waals surface area contributed by atoms with Gasteiger partial charge >= 0.3 is 0 Å². The Morgan fingerprint density at radius 2 is 2.14 bits per heavy atom. The summed E-state index contributed by atoms with van der Waals surface area (Å²) >= 11 is 12.1. The topological polar surface area (TPSA) is 50.4 Å². The monoisotopic (exact) mass is 330 g/mol. The molecule has 0 spiro atoms. The summed E-state index contributed by atoms with van der Waals surface area (Å²) in [5, 5.41) is 7.39. The van der Waals surface area contributed by atoms with Gasteiger partial charge in [-0.2, -0.15) is 0 Å². The van der Waals surface area contributed by atoms with Crippen LogP contribution in [0.2, 0.25) is 10.0 Å². The van der Waals surface area contributed by atoms with Gasteiger partial charge in [0.15, 0.2) is 0 Å². The van der Waals surface area contributed by atoms with E-state index >= 15 is 0 Å². The van der Waals surface area contributed by atoms with Crippen LogP contribution in [0.15, 0.2) is 18.2 Å². The third-order valence-electron chi connectivity index (χ3n) is 3.57. The number of hydrogen-bond donors (Lipinski definition) is 2. The Kier molecular flexibility index (Phi) is 6.30. The van der Waals surface area contributed by atoms with Gasteiger partial charge in [-0.1, -0.05) is 29.3 Å². The number of benzene rings is 1. The van der Waals surface area contributed by atoms with Crippen molar-refractivity contribution in [2.75, 3.05) is 33.4 Å². The fraction of sp³-hybridized carbons (Fsp3) is 0.533. The first-order chi connectivity index (χ1) is 10.1. The number of halogens is 2. The van der Waals surface area contributed by atoms with Crippen molar-refractivity contribution in [2.24, 2.45) is 5.92 Å². The molecule has 1 saturated carbocycles. The van der Waals surface area contributed by atoms with Crippen molar-refractivity contribution < 1.29 is 9.53 Å². The van der Waals surface area contributed by atoms with E-state index in [-0.39, 0.29) is 17.7 Å². The standard InChI is InChI=1S/C15H20Cl2N2O2/c1-21-7-6-18-4-5-19-15(20)13-9-12(13)11-3-2-10(16)8-14(11)17/h2-3,8,12-13,18H,4-7,9H2,1H3,(H,19,20). The maximum atomic E-state index is 12.0. The van der Waals surface area contributed by atoms with Gasteiger partial charge in [-0.15, -0.1) is 0 Å². The molecule has 21 heavy (non-hydrogen) atoms. The average Bonchev–Trinajstić information content (AvgIpc) is 3.22. The molecule has 2 atom stereocenters. The van der Waals surface area contributed by atoms with Crippen LogP contribution < -0.4 is 10.6 Å². The number of carbonyl (C=O) groups excluding carboxylic acids is 1. The van der Waals surface area contributed by atoms with Crippen LogP contribution in [0, 0.1) is 5.92 Å². The van der Waals surface area contributed by atoms with Gasteiger partial charge in [0.25, 0.3) is 0 Å². The van der Waals surface area contributed by atoms with Crippen molar-refractivity contribution in [3.05, 3.63) is 33.8 Å². The van der Waals surface area contributed by atoms with Crippen LogP contribution >= 0.6 is 23.2 Å². The molecule has 1 aliphatic rings. The highest BCUT2D eigenvalue weighted by Gasteiger charge is 2.44. The summed E-state index contributed by atoms with van der Waals surface area (Å²) in [7, 11) is 1.67.